The Kier molecular flexibility index (Phi) is 3.93. The Labute approximate surface area is 138 Å². The molecule has 1 spiro atoms. The zero-order valence-electron chi connectivity index (χ0n) is 13.4. The van der Waals surface area contributed by atoms with E-state index in [0.29, 0.717) is 18.4 Å². The molecule has 5 nitrogen and oxygen atoms in total. The Morgan fingerprint density at radius 3 is 2.42 bits per heavy atom. The minimum Gasteiger partial charge on any atom is -0.369 e. The standard InChI is InChI=1S/C16H20F3N5/c1-10-5-6-11(16(17,18)19)12(9-10)24-14(21)22-13(20)23-15(24)7-3-2-4-8-15/h5-6,9H,2-4,7-8H2,1H3,(H4,20,21,22,23). The number of aryl methyl sites for hydroxylation is 1. The first-order chi connectivity index (χ1) is 11.2. The highest BCUT2D eigenvalue weighted by Crippen LogP contribution is 2.44. The van der Waals surface area contributed by atoms with Crippen molar-refractivity contribution in [1.82, 2.24) is 0 Å². The van der Waals surface area contributed by atoms with Crippen molar-refractivity contribution >= 4 is 17.6 Å². The maximum atomic E-state index is 13.5. The number of aliphatic imine (C=N–C) groups is 2. The maximum Gasteiger partial charge on any atom is 0.418 e. The number of alkyl halides is 3. The van der Waals surface area contributed by atoms with Crippen LogP contribution < -0.4 is 16.4 Å². The number of benzene rings is 1. The molecule has 4 N–H and O–H groups in total. The molecule has 2 aliphatic rings. The lowest BCUT2D eigenvalue weighted by Gasteiger charge is -2.46. The average Bonchev–Trinajstić information content (AvgIpc) is 2.45. The van der Waals surface area contributed by atoms with Gasteiger partial charge in [0.05, 0.1) is 11.3 Å². The molecule has 0 radical (unpaired) electrons. The van der Waals surface area contributed by atoms with Crippen molar-refractivity contribution in [2.75, 3.05) is 4.90 Å². The lowest BCUT2D eigenvalue weighted by Crippen LogP contribution is -2.58. The van der Waals surface area contributed by atoms with Gasteiger partial charge < -0.3 is 11.5 Å². The fourth-order valence-electron chi connectivity index (χ4n) is 3.54. The number of guanidine groups is 2. The summed E-state index contributed by atoms with van der Waals surface area (Å²) in [6.45, 7) is 1.74. The number of hydrogen-bond donors (Lipinski definition) is 2. The molecule has 1 aromatic carbocycles. The van der Waals surface area contributed by atoms with Crippen LogP contribution in [0.15, 0.2) is 28.2 Å². The lowest BCUT2D eigenvalue weighted by atomic mass is 9.86. The highest BCUT2D eigenvalue weighted by Gasteiger charge is 2.46. The Balaban J connectivity index is 2.19. The largest absolute Gasteiger partial charge is 0.418 e. The van der Waals surface area contributed by atoms with E-state index in [-0.39, 0.29) is 17.6 Å². The Morgan fingerprint density at radius 2 is 1.79 bits per heavy atom. The summed E-state index contributed by atoms with van der Waals surface area (Å²) in [7, 11) is 0. The van der Waals surface area contributed by atoms with E-state index in [4.69, 9.17) is 11.5 Å². The minimum atomic E-state index is -4.49. The quantitative estimate of drug-likeness (QED) is 0.825. The van der Waals surface area contributed by atoms with E-state index in [1.165, 1.54) is 17.0 Å². The first-order valence-electron chi connectivity index (χ1n) is 7.90. The van der Waals surface area contributed by atoms with Gasteiger partial charge in [0.25, 0.3) is 0 Å². The summed E-state index contributed by atoms with van der Waals surface area (Å²) in [5.74, 6) is -0.0210. The molecule has 0 saturated heterocycles. The van der Waals surface area contributed by atoms with Gasteiger partial charge in [0.15, 0.2) is 0 Å². The topological polar surface area (TPSA) is 80.0 Å². The predicted octanol–water partition coefficient (Wildman–Crippen LogP) is 3.12. The molecule has 1 aliphatic carbocycles. The van der Waals surface area contributed by atoms with Crippen molar-refractivity contribution < 1.29 is 13.2 Å². The van der Waals surface area contributed by atoms with E-state index in [2.05, 4.69) is 9.98 Å². The van der Waals surface area contributed by atoms with Crippen LogP contribution >= 0.6 is 0 Å². The van der Waals surface area contributed by atoms with Crippen molar-refractivity contribution in [3.63, 3.8) is 0 Å². The van der Waals surface area contributed by atoms with Gasteiger partial charge in [-0.1, -0.05) is 12.5 Å². The van der Waals surface area contributed by atoms with Gasteiger partial charge >= 0.3 is 6.18 Å². The zero-order chi connectivity index (χ0) is 17.5. The van der Waals surface area contributed by atoms with Crippen LogP contribution in [0.2, 0.25) is 0 Å². The number of nitrogens with zero attached hydrogens (tertiary/aromatic N) is 3. The van der Waals surface area contributed by atoms with Crippen LogP contribution in [-0.2, 0) is 6.18 Å². The van der Waals surface area contributed by atoms with E-state index in [9.17, 15) is 13.2 Å². The van der Waals surface area contributed by atoms with Crippen LogP contribution in [-0.4, -0.2) is 17.6 Å². The van der Waals surface area contributed by atoms with Crippen LogP contribution in [0.25, 0.3) is 0 Å². The fraction of sp³-hybridized carbons (Fsp3) is 0.500. The fourth-order valence-corrected chi connectivity index (χ4v) is 3.54. The van der Waals surface area contributed by atoms with E-state index in [0.717, 1.165) is 25.3 Å². The summed E-state index contributed by atoms with van der Waals surface area (Å²) in [6.07, 6.45) is -0.584. The van der Waals surface area contributed by atoms with Gasteiger partial charge in [-0.15, -0.1) is 0 Å². The number of hydrogen-bond acceptors (Lipinski definition) is 5. The molecule has 8 heteroatoms. The van der Waals surface area contributed by atoms with E-state index in [1.807, 2.05) is 0 Å². The highest BCUT2D eigenvalue weighted by atomic mass is 19.4. The molecule has 24 heavy (non-hydrogen) atoms. The van der Waals surface area contributed by atoms with Crippen molar-refractivity contribution in [2.45, 2.75) is 50.9 Å². The molecular formula is C16H20F3N5. The third-order valence-corrected chi connectivity index (χ3v) is 4.55. The Morgan fingerprint density at radius 1 is 1.12 bits per heavy atom. The Hall–Kier alpha value is -2.25. The molecule has 0 bridgehead atoms. The average molecular weight is 339 g/mol. The smallest absolute Gasteiger partial charge is 0.369 e. The zero-order valence-corrected chi connectivity index (χ0v) is 13.4. The minimum absolute atomic E-state index is 0.0121. The van der Waals surface area contributed by atoms with Gasteiger partial charge in [-0.2, -0.15) is 18.2 Å². The van der Waals surface area contributed by atoms with Crippen LogP contribution in [0, 0.1) is 6.92 Å². The lowest BCUT2D eigenvalue weighted by molar-refractivity contribution is -0.137. The Bertz CT molecular complexity index is 702. The SMILES string of the molecule is Cc1ccc(C(F)(F)F)c(N2C(N)=NC(N)=NC23CCCCC3)c1. The normalized spacial score (nSPS) is 20.8. The molecule has 0 unspecified atom stereocenters. The van der Waals surface area contributed by atoms with E-state index in [1.54, 1.807) is 6.92 Å². The van der Waals surface area contributed by atoms with Gasteiger partial charge in [-0.05, 0) is 50.3 Å². The van der Waals surface area contributed by atoms with Crippen LogP contribution in [0.1, 0.15) is 43.2 Å². The highest BCUT2D eigenvalue weighted by molar-refractivity contribution is 6.06. The predicted molar refractivity (Wildman–Crippen MR) is 87.7 cm³/mol. The first-order valence-corrected chi connectivity index (χ1v) is 7.90. The second-order valence-electron chi connectivity index (χ2n) is 6.34. The van der Waals surface area contributed by atoms with E-state index >= 15 is 0 Å². The monoisotopic (exact) mass is 339 g/mol. The van der Waals surface area contributed by atoms with Gasteiger partial charge in [0, 0.05) is 0 Å². The molecule has 1 saturated carbocycles. The number of anilines is 1. The van der Waals surface area contributed by atoms with Gasteiger partial charge in [-0.25, -0.2) is 4.99 Å². The van der Waals surface area contributed by atoms with Gasteiger partial charge in [-0.3, -0.25) is 4.90 Å². The molecule has 1 aromatic rings. The molecule has 1 aliphatic heterocycles. The number of nitrogens with two attached hydrogens (primary N) is 2. The third kappa shape index (κ3) is 2.81. The van der Waals surface area contributed by atoms with Crippen molar-refractivity contribution in [1.29, 1.82) is 0 Å². The summed E-state index contributed by atoms with van der Waals surface area (Å²) in [4.78, 5) is 9.77. The molecule has 0 atom stereocenters. The summed E-state index contributed by atoms with van der Waals surface area (Å²) < 4.78 is 40.6. The van der Waals surface area contributed by atoms with Crippen molar-refractivity contribution in [3.05, 3.63) is 29.3 Å². The van der Waals surface area contributed by atoms with Crippen molar-refractivity contribution in [3.8, 4) is 0 Å². The summed E-state index contributed by atoms with van der Waals surface area (Å²) in [6, 6.07) is 4.00. The second-order valence-corrected chi connectivity index (χ2v) is 6.34. The van der Waals surface area contributed by atoms with Crippen LogP contribution in [0.4, 0.5) is 18.9 Å². The molecule has 3 rings (SSSR count). The number of halogens is 3. The summed E-state index contributed by atoms with van der Waals surface area (Å²) >= 11 is 0. The summed E-state index contributed by atoms with van der Waals surface area (Å²) in [5.41, 5.74) is 10.8. The first kappa shape index (κ1) is 16.6. The molecule has 130 valence electrons. The molecule has 0 amide bonds. The maximum absolute atomic E-state index is 13.5. The molecular weight excluding hydrogens is 319 g/mol. The van der Waals surface area contributed by atoms with Gasteiger partial charge in [0.2, 0.25) is 11.9 Å². The molecule has 0 aromatic heterocycles. The van der Waals surface area contributed by atoms with Crippen LogP contribution in [0.3, 0.4) is 0 Å². The third-order valence-electron chi connectivity index (χ3n) is 4.55. The molecule has 1 fully saturated rings. The summed E-state index contributed by atoms with van der Waals surface area (Å²) in [5, 5.41) is 0. The van der Waals surface area contributed by atoms with E-state index < -0.39 is 17.4 Å². The van der Waals surface area contributed by atoms with Gasteiger partial charge in [0.1, 0.15) is 5.66 Å². The molecule has 1 heterocycles. The van der Waals surface area contributed by atoms with Crippen LogP contribution in [0.5, 0.6) is 0 Å². The van der Waals surface area contributed by atoms with Crippen molar-refractivity contribution in [2.24, 2.45) is 21.5 Å². The second kappa shape index (κ2) is 5.68. The number of rotatable bonds is 1.